The Morgan fingerprint density at radius 2 is 0.927 bits per heavy atom. The van der Waals surface area contributed by atoms with Gasteiger partial charge in [0.15, 0.2) is 0 Å². The maximum Gasteiger partial charge on any atom is 0.220 e. The fourth-order valence-corrected chi connectivity index (χ4v) is 8.55. The lowest BCUT2D eigenvalue weighted by atomic mass is 9.70. The topological polar surface area (TPSA) is 85.7 Å². The molecule has 314 valence electrons. The van der Waals surface area contributed by atoms with Crippen LogP contribution in [0.25, 0.3) is 0 Å². The van der Waals surface area contributed by atoms with Crippen LogP contribution in [0.4, 0.5) is 0 Å². The molecule has 0 heterocycles. The third-order valence-corrected chi connectivity index (χ3v) is 11.0. The van der Waals surface area contributed by atoms with Gasteiger partial charge >= 0.3 is 0 Å². The molecule has 2 rings (SSSR count). The van der Waals surface area contributed by atoms with Crippen molar-refractivity contribution in [3.05, 3.63) is 77.0 Å². The van der Waals surface area contributed by atoms with Gasteiger partial charge in [0.2, 0.25) is 11.8 Å². The maximum atomic E-state index is 13.0. The maximum absolute atomic E-state index is 13.0. The van der Waals surface area contributed by atoms with Crippen molar-refractivity contribution in [3.63, 3.8) is 0 Å². The summed E-state index contributed by atoms with van der Waals surface area (Å²) in [6.07, 6.45) is 14.5. The first-order chi connectivity index (χ1) is 25.8. The van der Waals surface area contributed by atoms with E-state index in [1.54, 1.807) is 14.1 Å². The smallest absolute Gasteiger partial charge is 0.220 e. The Balaban J connectivity index is 0.000000550. The summed E-state index contributed by atoms with van der Waals surface area (Å²) in [6.45, 7) is 20.2. The number of hydrogen-bond donors (Lipinski definition) is 3. The fourth-order valence-electron chi connectivity index (χ4n) is 8.55. The van der Waals surface area contributed by atoms with Crippen LogP contribution in [0, 0.1) is 16.0 Å². The quantitative estimate of drug-likeness (QED) is 0.0660. The predicted octanol–water partition coefficient (Wildman–Crippen LogP) is 9.39. The Bertz CT molecular complexity index is 1300. The van der Waals surface area contributed by atoms with Crippen LogP contribution >= 0.6 is 0 Å². The third-order valence-electron chi connectivity index (χ3n) is 11.0. The average molecular weight is 766 g/mol. The molecule has 0 bridgehead atoms. The first kappa shape index (κ1) is 50.3. The predicted molar refractivity (Wildman–Crippen MR) is 235 cm³/mol. The molecule has 0 fully saturated rings. The molecule has 0 spiro atoms. The Hall–Kier alpha value is -2.74. The van der Waals surface area contributed by atoms with Gasteiger partial charge in [0, 0.05) is 47.6 Å². The van der Waals surface area contributed by atoms with Gasteiger partial charge in [-0.25, -0.2) is 0 Å². The molecule has 0 aromatic heterocycles. The van der Waals surface area contributed by atoms with E-state index in [4.69, 9.17) is 0 Å². The highest BCUT2D eigenvalue weighted by molar-refractivity contribution is 5.78. The largest absolute Gasteiger partial charge is 0.633 e. The number of quaternary nitrogens is 2. The molecule has 7 heteroatoms. The SMILES string of the molecule is CCCCC(CCCC)(CC(=O)NCC(C)(C)C[N+](C)(C)[O-])c1ccccc1.CCCCC(CCCC)(CC(=O)NCC(C)(C)C[NH+](C)C)c1ccccc1. The van der Waals surface area contributed by atoms with Gasteiger partial charge in [-0.1, -0.05) is 167 Å². The highest BCUT2D eigenvalue weighted by Crippen LogP contribution is 2.40. The normalized spacial score (nSPS) is 12.6. The summed E-state index contributed by atoms with van der Waals surface area (Å²) in [5, 5.41) is 18.4. The first-order valence-corrected chi connectivity index (χ1v) is 21.8. The van der Waals surface area contributed by atoms with E-state index in [9.17, 15) is 14.8 Å². The molecule has 0 aliphatic carbocycles. The second kappa shape index (κ2) is 24.8. The van der Waals surface area contributed by atoms with E-state index in [0.717, 1.165) is 64.5 Å². The first-order valence-electron chi connectivity index (χ1n) is 21.8. The molecular formula is C48H85N4O3+. The average Bonchev–Trinajstić information content (AvgIpc) is 3.12. The van der Waals surface area contributed by atoms with Crippen LogP contribution in [0.3, 0.4) is 0 Å². The van der Waals surface area contributed by atoms with Crippen molar-refractivity contribution in [2.45, 2.75) is 156 Å². The van der Waals surface area contributed by atoms with Crippen LogP contribution in [-0.4, -0.2) is 70.8 Å². The zero-order valence-electron chi connectivity index (χ0n) is 37.7. The highest BCUT2D eigenvalue weighted by Gasteiger charge is 2.36. The van der Waals surface area contributed by atoms with Crippen LogP contribution < -0.4 is 15.5 Å². The van der Waals surface area contributed by atoms with E-state index < -0.39 is 0 Å². The summed E-state index contributed by atoms with van der Waals surface area (Å²) in [4.78, 5) is 27.4. The van der Waals surface area contributed by atoms with Crippen molar-refractivity contribution < 1.29 is 19.1 Å². The third kappa shape index (κ3) is 20.3. The van der Waals surface area contributed by atoms with Crippen molar-refractivity contribution in [3.8, 4) is 0 Å². The second-order valence-corrected chi connectivity index (χ2v) is 19.1. The molecular weight excluding hydrogens is 681 g/mol. The van der Waals surface area contributed by atoms with Gasteiger partial charge in [0.1, 0.15) is 0 Å². The van der Waals surface area contributed by atoms with Crippen LogP contribution in [0.5, 0.6) is 0 Å². The molecule has 0 radical (unpaired) electrons. The van der Waals surface area contributed by atoms with E-state index in [1.165, 1.54) is 41.7 Å². The molecule has 0 aliphatic heterocycles. The zero-order valence-corrected chi connectivity index (χ0v) is 37.7. The number of unbranched alkanes of at least 4 members (excludes halogenated alkanes) is 4. The van der Waals surface area contributed by atoms with Crippen LogP contribution in [0.15, 0.2) is 60.7 Å². The van der Waals surface area contributed by atoms with Crippen LogP contribution in [0.1, 0.15) is 156 Å². The van der Waals surface area contributed by atoms with Crippen molar-refractivity contribution in [2.75, 3.05) is 54.4 Å². The lowest BCUT2D eigenvalue weighted by Gasteiger charge is -2.41. The molecule has 2 aromatic carbocycles. The molecule has 0 atom stereocenters. The summed E-state index contributed by atoms with van der Waals surface area (Å²) >= 11 is 0. The standard InChI is InChI=1S/C24H42N2O2.C24H42N2O/c1-7-9-16-24(17-10-8-2,21-14-12-11-13-15-21)18-22(27)25-19-23(3,4)20-26(5,6)28;1-7-9-16-24(17-10-8-2,21-14-12-11-13-15-21)18-22(27)25-19-23(3,4)20-26(5)6/h11-15H,7-10,16-20H2,1-6H3,(H,25,27);11-15H,7-10,16-20H2,1-6H3,(H,25,27)/p+1. The van der Waals surface area contributed by atoms with Gasteiger partial charge in [-0.2, -0.15) is 0 Å². The second-order valence-electron chi connectivity index (χ2n) is 19.1. The molecule has 7 nitrogen and oxygen atoms in total. The van der Waals surface area contributed by atoms with Gasteiger partial charge in [0.05, 0.1) is 41.3 Å². The Morgan fingerprint density at radius 3 is 1.22 bits per heavy atom. The van der Waals surface area contributed by atoms with Crippen molar-refractivity contribution in [2.24, 2.45) is 10.8 Å². The molecule has 2 aromatic rings. The van der Waals surface area contributed by atoms with Crippen LogP contribution in [0.2, 0.25) is 0 Å². The minimum absolute atomic E-state index is 0.0334. The van der Waals surface area contributed by atoms with Gasteiger partial charge in [-0.15, -0.1) is 0 Å². The van der Waals surface area contributed by atoms with Crippen molar-refractivity contribution in [1.82, 2.24) is 10.6 Å². The summed E-state index contributed by atoms with van der Waals surface area (Å²) in [7, 11) is 7.64. The zero-order chi connectivity index (χ0) is 41.6. The van der Waals surface area contributed by atoms with Gasteiger partial charge in [-0.05, 0) is 36.8 Å². The van der Waals surface area contributed by atoms with Crippen molar-refractivity contribution >= 4 is 11.8 Å². The van der Waals surface area contributed by atoms with E-state index in [1.807, 2.05) is 19.9 Å². The molecule has 55 heavy (non-hydrogen) atoms. The minimum atomic E-state index is -0.343. The van der Waals surface area contributed by atoms with Crippen LogP contribution in [-0.2, 0) is 20.4 Å². The highest BCUT2D eigenvalue weighted by atomic mass is 16.5. The minimum Gasteiger partial charge on any atom is -0.633 e. The number of carbonyl (C=O) groups excluding carboxylic acids is 2. The molecule has 3 N–H and O–H groups in total. The number of amides is 2. The number of benzene rings is 2. The lowest BCUT2D eigenvalue weighted by Crippen LogP contribution is -3.07. The molecule has 0 saturated carbocycles. The number of rotatable bonds is 26. The van der Waals surface area contributed by atoms with E-state index in [2.05, 4.69) is 121 Å². The molecule has 0 unspecified atom stereocenters. The number of hydroxylamine groups is 3. The van der Waals surface area contributed by atoms with E-state index in [0.29, 0.717) is 25.9 Å². The molecule has 2 amide bonds. The summed E-state index contributed by atoms with van der Waals surface area (Å²) in [6, 6.07) is 21.3. The molecule has 0 aliphatic rings. The Kier molecular flexibility index (Phi) is 22.7. The van der Waals surface area contributed by atoms with Gasteiger partial charge in [0.25, 0.3) is 0 Å². The summed E-state index contributed by atoms with van der Waals surface area (Å²) in [5.41, 5.74) is 2.35. The molecule has 0 saturated heterocycles. The number of hydrogen-bond acceptors (Lipinski definition) is 3. The lowest BCUT2D eigenvalue weighted by molar-refractivity contribution is -0.865. The number of carbonyl (C=O) groups is 2. The monoisotopic (exact) mass is 766 g/mol. The van der Waals surface area contributed by atoms with E-state index in [-0.39, 0.29) is 38.1 Å². The van der Waals surface area contributed by atoms with E-state index >= 15 is 0 Å². The van der Waals surface area contributed by atoms with Gasteiger partial charge < -0.3 is 25.4 Å². The van der Waals surface area contributed by atoms with Crippen molar-refractivity contribution in [1.29, 1.82) is 0 Å². The Morgan fingerprint density at radius 1 is 0.600 bits per heavy atom. The number of nitrogens with zero attached hydrogens (tertiary/aromatic N) is 1. The number of nitrogens with one attached hydrogen (secondary N) is 3. The summed E-state index contributed by atoms with van der Waals surface area (Å²) in [5.74, 6) is 0.299. The van der Waals surface area contributed by atoms with Gasteiger partial charge in [-0.3, -0.25) is 9.59 Å². The Labute approximate surface area is 339 Å². The fraction of sp³-hybridized carbons (Fsp3) is 0.708. The summed E-state index contributed by atoms with van der Waals surface area (Å²) < 4.78 is -0.343.